The van der Waals surface area contributed by atoms with Crippen LogP contribution in [-0.4, -0.2) is 25.6 Å². The van der Waals surface area contributed by atoms with Crippen LogP contribution < -0.4 is 0 Å². The van der Waals surface area contributed by atoms with Crippen LogP contribution in [0.4, 0.5) is 0 Å². The van der Waals surface area contributed by atoms with E-state index in [0.717, 1.165) is 5.39 Å². The summed E-state index contributed by atoms with van der Waals surface area (Å²) < 4.78 is 27.4. The Morgan fingerprint density at radius 3 is 2.24 bits per heavy atom. The van der Waals surface area contributed by atoms with Gasteiger partial charge in [-0.2, -0.15) is 0 Å². The van der Waals surface area contributed by atoms with Gasteiger partial charge in [0.2, 0.25) is 0 Å². The molecule has 1 heterocycles. The molecule has 0 radical (unpaired) electrons. The molecule has 0 aliphatic carbocycles. The van der Waals surface area contributed by atoms with Crippen LogP contribution in [0.1, 0.15) is 11.7 Å². The van der Waals surface area contributed by atoms with Crippen LogP contribution in [0.3, 0.4) is 0 Å². The van der Waals surface area contributed by atoms with Crippen molar-refractivity contribution in [2.24, 2.45) is 0 Å². The number of hydrogen-bond acceptors (Lipinski definition) is 3. The third kappa shape index (κ3) is 3.56. The van der Waals surface area contributed by atoms with Crippen LogP contribution in [-0.2, 0) is 10.0 Å². The lowest BCUT2D eigenvalue weighted by Gasteiger charge is -2.20. The van der Waals surface area contributed by atoms with Crippen molar-refractivity contribution < 1.29 is 13.5 Å². The number of para-hydroxylation sites is 1. The first-order valence-corrected chi connectivity index (χ1v) is 13.4. The lowest BCUT2D eigenvalue weighted by Crippen LogP contribution is -2.22. The summed E-state index contributed by atoms with van der Waals surface area (Å²) in [5, 5.41) is 11.5. The predicted octanol–water partition coefficient (Wildman–Crippen LogP) is 4.25. The summed E-state index contributed by atoms with van der Waals surface area (Å²) in [6.07, 6.45) is 0.918. The Balaban J connectivity index is 2.18. The molecule has 1 aromatic heterocycles. The van der Waals surface area contributed by atoms with Gasteiger partial charge in [-0.25, -0.2) is 12.4 Å². The Morgan fingerprint density at radius 1 is 1.00 bits per heavy atom. The fraction of sp³-hybridized carbons (Fsp3) is 0.263. The van der Waals surface area contributed by atoms with E-state index >= 15 is 0 Å². The summed E-state index contributed by atoms with van der Waals surface area (Å²) in [5.41, 5.74) is 1.27. The van der Waals surface area contributed by atoms with Gasteiger partial charge in [-0.05, 0) is 24.2 Å². The highest BCUT2D eigenvalue weighted by molar-refractivity contribution is 7.90. The number of hydrogen-bond donors (Lipinski definition) is 1. The van der Waals surface area contributed by atoms with Gasteiger partial charge in [0, 0.05) is 25.2 Å². The normalized spacial score (nSPS) is 13.9. The highest BCUT2D eigenvalue weighted by Crippen LogP contribution is 2.33. The fourth-order valence-electron chi connectivity index (χ4n) is 3.04. The molecule has 0 saturated heterocycles. The van der Waals surface area contributed by atoms with Crippen LogP contribution in [0.15, 0.2) is 65.7 Å². The van der Waals surface area contributed by atoms with Crippen molar-refractivity contribution in [2.75, 3.05) is 0 Å². The average molecular weight is 374 g/mol. The van der Waals surface area contributed by atoms with E-state index in [2.05, 4.69) is 19.6 Å². The van der Waals surface area contributed by atoms with Crippen LogP contribution in [0.5, 0.6) is 0 Å². The van der Waals surface area contributed by atoms with Crippen LogP contribution in [0, 0.1) is 0 Å². The summed E-state index contributed by atoms with van der Waals surface area (Å²) in [7, 11) is -5.20. The smallest absolute Gasteiger partial charge is 0.268 e. The van der Waals surface area contributed by atoms with Gasteiger partial charge in [0.1, 0.15) is 0 Å². The minimum Gasteiger partial charge on any atom is -0.389 e. The van der Waals surface area contributed by atoms with Crippen molar-refractivity contribution in [3.63, 3.8) is 0 Å². The van der Waals surface area contributed by atoms with E-state index < -0.39 is 24.2 Å². The van der Waals surface area contributed by atoms with Gasteiger partial charge in [-0.3, -0.25) is 0 Å². The molecule has 0 bridgehead atoms. The van der Waals surface area contributed by atoms with Crippen LogP contribution in [0.2, 0.25) is 25.7 Å². The molecule has 4 nitrogen and oxygen atoms in total. The first-order chi connectivity index (χ1) is 11.7. The molecule has 3 aromatic rings. The monoisotopic (exact) mass is 373 g/mol. The SMILES string of the molecule is C[Si](C)(C)CC(O)c1cn(S(=O)(=O)c2ccccc2)c2ccccc12. The molecule has 2 aromatic carbocycles. The number of aliphatic hydroxyl groups excluding tert-OH is 1. The fourth-order valence-corrected chi connectivity index (χ4v) is 5.81. The van der Waals surface area contributed by atoms with E-state index in [9.17, 15) is 13.5 Å². The molecule has 25 heavy (non-hydrogen) atoms. The molecule has 0 saturated carbocycles. The highest BCUT2D eigenvalue weighted by atomic mass is 32.2. The maximum absolute atomic E-state index is 13.1. The summed E-state index contributed by atoms with van der Waals surface area (Å²) >= 11 is 0. The summed E-state index contributed by atoms with van der Waals surface area (Å²) in [4.78, 5) is 0.238. The Hall–Kier alpha value is -1.89. The lowest BCUT2D eigenvalue weighted by atomic mass is 10.1. The van der Waals surface area contributed by atoms with Crippen molar-refractivity contribution >= 4 is 29.0 Å². The van der Waals surface area contributed by atoms with Crippen molar-refractivity contribution in [2.45, 2.75) is 36.7 Å². The van der Waals surface area contributed by atoms with E-state index in [1.54, 1.807) is 42.6 Å². The number of nitrogens with zero attached hydrogens (tertiary/aromatic N) is 1. The minimum atomic E-state index is -3.71. The molecule has 1 N–H and O–H groups in total. The average Bonchev–Trinajstić information content (AvgIpc) is 2.95. The van der Waals surface area contributed by atoms with E-state index in [1.165, 1.54) is 3.97 Å². The Morgan fingerprint density at radius 2 is 1.60 bits per heavy atom. The zero-order valence-corrected chi connectivity index (χ0v) is 16.5. The molecule has 0 fully saturated rings. The van der Waals surface area contributed by atoms with Crippen molar-refractivity contribution in [3.8, 4) is 0 Å². The van der Waals surface area contributed by atoms with Crippen molar-refractivity contribution in [3.05, 3.63) is 66.4 Å². The second-order valence-corrected chi connectivity index (χ2v) is 14.8. The quantitative estimate of drug-likeness (QED) is 0.680. The van der Waals surface area contributed by atoms with E-state index in [4.69, 9.17) is 0 Å². The number of aliphatic hydroxyl groups is 1. The van der Waals surface area contributed by atoms with E-state index in [1.807, 2.05) is 18.2 Å². The summed E-state index contributed by atoms with van der Waals surface area (Å²) in [6, 6.07) is 16.4. The minimum absolute atomic E-state index is 0.238. The van der Waals surface area contributed by atoms with E-state index in [0.29, 0.717) is 17.1 Å². The molecule has 0 spiro atoms. The molecular weight excluding hydrogens is 350 g/mol. The van der Waals surface area contributed by atoms with Gasteiger partial charge in [0.15, 0.2) is 0 Å². The number of rotatable bonds is 5. The van der Waals surface area contributed by atoms with Gasteiger partial charge in [-0.15, -0.1) is 0 Å². The zero-order chi connectivity index (χ0) is 18.2. The standard InChI is InChI=1S/C19H23NO3SSi/c1-25(2,3)14-19(21)17-13-20(18-12-8-7-11-16(17)18)24(22,23)15-9-5-4-6-10-15/h4-13,19,21H,14H2,1-3H3. The van der Waals surface area contributed by atoms with Gasteiger partial charge in [0.25, 0.3) is 10.0 Å². The van der Waals surface area contributed by atoms with Crippen molar-refractivity contribution in [1.29, 1.82) is 0 Å². The van der Waals surface area contributed by atoms with Crippen LogP contribution >= 0.6 is 0 Å². The molecule has 132 valence electrons. The first-order valence-electron chi connectivity index (χ1n) is 8.29. The Bertz CT molecular complexity index is 988. The van der Waals surface area contributed by atoms with Gasteiger partial charge in [-0.1, -0.05) is 56.0 Å². The number of fused-ring (bicyclic) bond motifs is 1. The molecule has 6 heteroatoms. The molecule has 0 aliphatic heterocycles. The summed E-state index contributed by atoms with van der Waals surface area (Å²) in [5.74, 6) is 0. The second-order valence-electron chi connectivity index (χ2n) is 7.50. The Kier molecular flexibility index (Phi) is 4.61. The number of aromatic nitrogens is 1. The molecule has 3 rings (SSSR count). The van der Waals surface area contributed by atoms with Gasteiger partial charge >= 0.3 is 0 Å². The number of benzene rings is 2. The third-order valence-corrected chi connectivity index (χ3v) is 7.47. The van der Waals surface area contributed by atoms with Crippen molar-refractivity contribution in [1.82, 2.24) is 3.97 Å². The predicted molar refractivity (Wildman–Crippen MR) is 104 cm³/mol. The maximum atomic E-state index is 13.1. The lowest BCUT2D eigenvalue weighted by molar-refractivity contribution is 0.199. The molecule has 0 aliphatic rings. The highest BCUT2D eigenvalue weighted by Gasteiger charge is 2.26. The molecular formula is C19H23NO3SSi. The van der Waals surface area contributed by atoms with Gasteiger partial charge < -0.3 is 5.11 Å². The third-order valence-electron chi connectivity index (χ3n) is 4.17. The Labute approximate surface area is 149 Å². The molecule has 1 unspecified atom stereocenters. The zero-order valence-electron chi connectivity index (χ0n) is 14.7. The second kappa shape index (κ2) is 6.44. The molecule has 0 amide bonds. The summed E-state index contributed by atoms with van der Waals surface area (Å²) in [6.45, 7) is 6.57. The van der Waals surface area contributed by atoms with E-state index in [-0.39, 0.29) is 4.90 Å². The van der Waals surface area contributed by atoms with Crippen LogP contribution in [0.25, 0.3) is 10.9 Å². The maximum Gasteiger partial charge on any atom is 0.268 e. The topological polar surface area (TPSA) is 59.3 Å². The first kappa shape index (κ1) is 17.9. The van der Waals surface area contributed by atoms with Gasteiger partial charge in [0.05, 0.1) is 16.5 Å². The largest absolute Gasteiger partial charge is 0.389 e. The molecule has 1 atom stereocenters.